The van der Waals surface area contributed by atoms with Crippen molar-refractivity contribution in [1.29, 1.82) is 0 Å². The Bertz CT molecular complexity index is 211. The van der Waals surface area contributed by atoms with Crippen molar-refractivity contribution in [2.75, 3.05) is 5.33 Å². The van der Waals surface area contributed by atoms with Gasteiger partial charge in [0.15, 0.2) is 0 Å². The second-order valence-corrected chi connectivity index (χ2v) is 6.36. The zero-order chi connectivity index (χ0) is 11.4. The molecule has 0 spiro atoms. The average molecular weight is 289 g/mol. The first-order valence-electron chi connectivity index (χ1n) is 6.99. The molecule has 0 bridgehead atoms. The van der Waals surface area contributed by atoms with E-state index in [1.165, 1.54) is 57.8 Å². The maximum absolute atomic E-state index is 6.53. The molecule has 94 valence electrons. The number of halogens is 1. The first-order valence-corrected chi connectivity index (χ1v) is 8.12. The van der Waals surface area contributed by atoms with E-state index < -0.39 is 0 Å². The fourth-order valence-corrected chi connectivity index (χ4v) is 3.95. The summed E-state index contributed by atoms with van der Waals surface area (Å²) in [6, 6.07) is 0. The molecule has 2 aliphatic carbocycles. The minimum absolute atomic E-state index is 0.175. The van der Waals surface area contributed by atoms with E-state index in [0.717, 1.165) is 11.2 Å². The third-order valence-electron chi connectivity index (χ3n) is 4.44. The lowest BCUT2D eigenvalue weighted by Gasteiger charge is -2.42. The van der Waals surface area contributed by atoms with Crippen molar-refractivity contribution < 1.29 is 4.74 Å². The van der Waals surface area contributed by atoms with Crippen LogP contribution in [0.5, 0.6) is 0 Å². The molecule has 2 heteroatoms. The van der Waals surface area contributed by atoms with E-state index in [1.807, 2.05) is 0 Å². The standard InChI is InChI=1S/C14H25BrO/c1-12-7-3-4-8-13(12)16-14(11-15)9-5-2-6-10-14/h12-13H,2-11H2,1H3. The van der Waals surface area contributed by atoms with E-state index in [1.54, 1.807) is 0 Å². The predicted molar refractivity (Wildman–Crippen MR) is 72.1 cm³/mol. The van der Waals surface area contributed by atoms with Gasteiger partial charge in [-0.25, -0.2) is 0 Å². The zero-order valence-electron chi connectivity index (χ0n) is 10.5. The third kappa shape index (κ3) is 3.01. The molecule has 2 rings (SSSR count). The molecule has 0 aromatic rings. The molecule has 0 aromatic carbocycles. The Labute approximate surface area is 108 Å². The molecule has 1 nitrogen and oxygen atoms in total. The van der Waals surface area contributed by atoms with Gasteiger partial charge in [-0.05, 0) is 31.6 Å². The lowest BCUT2D eigenvalue weighted by molar-refractivity contribution is -0.126. The molecule has 0 aliphatic heterocycles. The number of hydrogen-bond acceptors (Lipinski definition) is 1. The number of hydrogen-bond donors (Lipinski definition) is 0. The van der Waals surface area contributed by atoms with E-state index in [0.29, 0.717) is 6.10 Å². The van der Waals surface area contributed by atoms with E-state index in [4.69, 9.17) is 4.74 Å². The van der Waals surface area contributed by atoms with Crippen molar-refractivity contribution in [2.24, 2.45) is 5.92 Å². The van der Waals surface area contributed by atoms with E-state index in [2.05, 4.69) is 22.9 Å². The van der Waals surface area contributed by atoms with Gasteiger partial charge in [0.25, 0.3) is 0 Å². The van der Waals surface area contributed by atoms with Gasteiger partial charge in [0.1, 0.15) is 0 Å². The lowest BCUT2D eigenvalue weighted by atomic mass is 9.83. The van der Waals surface area contributed by atoms with Crippen molar-refractivity contribution in [3.8, 4) is 0 Å². The minimum atomic E-state index is 0.175. The fraction of sp³-hybridized carbons (Fsp3) is 1.00. The van der Waals surface area contributed by atoms with Crippen LogP contribution in [0.15, 0.2) is 0 Å². The second-order valence-electron chi connectivity index (χ2n) is 5.80. The first-order chi connectivity index (χ1) is 7.76. The molecule has 0 aromatic heterocycles. The molecular formula is C14H25BrO. The minimum Gasteiger partial charge on any atom is -0.371 e. The SMILES string of the molecule is CC1CCCCC1OC1(CBr)CCCCC1. The highest BCUT2D eigenvalue weighted by molar-refractivity contribution is 9.09. The normalized spacial score (nSPS) is 34.9. The lowest BCUT2D eigenvalue weighted by Crippen LogP contribution is -2.43. The van der Waals surface area contributed by atoms with Gasteiger partial charge in [0.05, 0.1) is 11.7 Å². The molecule has 2 aliphatic rings. The summed E-state index contributed by atoms with van der Waals surface area (Å²) in [5.74, 6) is 0.770. The van der Waals surface area contributed by atoms with Crippen molar-refractivity contribution in [2.45, 2.75) is 76.4 Å². The molecule has 2 atom stereocenters. The van der Waals surface area contributed by atoms with Crippen LogP contribution in [-0.4, -0.2) is 17.0 Å². The molecular weight excluding hydrogens is 264 g/mol. The van der Waals surface area contributed by atoms with Gasteiger partial charge < -0.3 is 4.74 Å². The molecule has 0 N–H and O–H groups in total. The van der Waals surface area contributed by atoms with Crippen LogP contribution in [0.1, 0.15) is 64.7 Å². The van der Waals surface area contributed by atoms with E-state index in [-0.39, 0.29) is 5.60 Å². The van der Waals surface area contributed by atoms with Crippen LogP contribution in [0.3, 0.4) is 0 Å². The van der Waals surface area contributed by atoms with Gasteiger partial charge >= 0.3 is 0 Å². The Kier molecular flexibility index (Phi) is 4.72. The number of rotatable bonds is 3. The number of alkyl halides is 1. The Hall–Kier alpha value is 0.440. The van der Waals surface area contributed by atoms with Gasteiger partial charge in [0.2, 0.25) is 0 Å². The summed E-state index contributed by atoms with van der Waals surface area (Å²) >= 11 is 3.69. The zero-order valence-corrected chi connectivity index (χ0v) is 12.1. The van der Waals surface area contributed by atoms with Gasteiger partial charge in [-0.3, -0.25) is 0 Å². The smallest absolute Gasteiger partial charge is 0.0782 e. The van der Waals surface area contributed by atoms with E-state index in [9.17, 15) is 0 Å². The van der Waals surface area contributed by atoms with Gasteiger partial charge in [0, 0.05) is 5.33 Å². The summed E-state index contributed by atoms with van der Waals surface area (Å²) in [6.45, 7) is 2.37. The van der Waals surface area contributed by atoms with Crippen molar-refractivity contribution in [1.82, 2.24) is 0 Å². The summed E-state index contributed by atoms with van der Waals surface area (Å²) in [7, 11) is 0. The van der Waals surface area contributed by atoms with Crippen LogP contribution >= 0.6 is 15.9 Å². The molecule has 0 radical (unpaired) electrons. The van der Waals surface area contributed by atoms with Gasteiger partial charge in [-0.1, -0.05) is 55.0 Å². The topological polar surface area (TPSA) is 9.23 Å². The molecule has 2 unspecified atom stereocenters. The second kappa shape index (κ2) is 5.86. The Balaban J connectivity index is 1.93. The van der Waals surface area contributed by atoms with Crippen LogP contribution < -0.4 is 0 Å². The maximum atomic E-state index is 6.53. The molecule has 2 fully saturated rings. The largest absolute Gasteiger partial charge is 0.371 e. The summed E-state index contributed by atoms with van der Waals surface area (Å²) in [5.41, 5.74) is 0.175. The quantitative estimate of drug-likeness (QED) is 0.685. The van der Waals surface area contributed by atoms with Crippen LogP contribution in [0.4, 0.5) is 0 Å². The van der Waals surface area contributed by atoms with Crippen LogP contribution in [0.25, 0.3) is 0 Å². The fourth-order valence-electron chi connectivity index (χ4n) is 3.26. The monoisotopic (exact) mass is 288 g/mol. The maximum Gasteiger partial charge on any atom is 0.0782 e. The Morgan fingerprint density at radius 1 is 1.06 bits per heavy atom. The van der Waals surface area contributed by atoms with Crippen LogP contribution in [0, 0.1) is 5.92 Å². The summed E-state index contributed by atoms with van der Waals surface area (Å²) in [4.78, 5) is 0. The van der Waals surface area contributed by atoms with Gasteiger partial charge in [-0.15, -0.1) is 0 Å². The van der Waals surface area contributed by atoms with Crippen LogP contribution in [0.2, 0.25) is 0 Å². The van der Waals surface area contributed by atoms with Crippen molar-refractivity contribution in [3.05, 3.63) is 0 Å². The Morgan fingerprint density at radius 2 is 1.75 bits per heavy atom. The number of ether oxygens (including phenoxy) is 1. The summed E-state index contributed by atoms with van der Waals surface area (Å²) < 4.78 is 6.53. The average Bonchev–Trinajstić information content (AvgIpc) is 2.33. The first kappa shape index (κ1) is 12.9. The van der Waals surface area contributed by atoms with Crippen molar-refractivity contribution in [3.63, 3.8) is 0 Å². The third-order valence-corrected chi connectivity index (χ3v) is 5.46. The van der Waals surface area contributed by atoms with Gasteiger partial charge in [-0.2, -0.15) is 0 Å². The Morgan fingerprint density at radius 3 is 2.38 bits per heavy atom. The molecule has 0 saturated heterocycles. The molecule has 0 heterocycles. The van der Waals surface area contributed by atoms with Crippen LogP contribution in [-0.2, 0) is 4.74 Å². The summed E-state index contributed by atoms with van der Waals surface area (Å²) in [5, 5.41) is 1.03. The predicted octanol–water partition coefficient (Wildman–Crippen LogP) is 4.68. The molecule has 0 amide bonds. The molecule has 2 saturated carbocycles. The molecule has 16 heavy (non-hydrogen) atoms. The highest BCUT2D eigenvalue weighted by Crippen LogP contribution is 2.38. The highest BCUT2D eigenvalue weighted by atomic mass is 79.9. The highest BCUT2D eigenvalue weighted by Gasteiger charge is 2.36. The van der Waals surface area contributed by atoms with E-state index >= 15 is 0 Å². The van der Waals surface area contributed by atoms with Crippen molar-refractivity contribution >= 4 is 15.9 Å². The summed E-state index contributed by atoms with van der Waals surface area (Å²) in [6.07, 6.45) is 12.6.